The maximum Gasteiger partial charge on any atom is 0.243 e. The molecule has 0 saturated carbocycles. The number of nitrogens with two attached hydrogens (primary N) is 1. The van der Waals surface area contributed by atoms with E-state index in [2.05, 4.69) is 0 Å². The van der Waals surface area contributed by atoms with Gasteiger partial charge in [-0.15, -0.1) is 0 Å². The number of amides is 2. The Kier molecular flexibility index (Phi) is 7.59. The number of rotatable bonds is 7. The normalized spacial score (nSPS) is 16.0. The van der Waals surface area contributed by atoms with Gasteiger partial charge in [-0.25, -0.2) is 12.8 Å². The first-order valence-electron chi connectivity index (χ1n) is 9.49. The third-order valence-corrected chi connectivity index (χ3v) is 6.24. The number of carbonyl (C=O) groups excluding carboxylic acids is 2. The van der Waals surface area contributed by atoms with E-state index < -0.39 is 27.0 Å². The van der Waals surface area contributed by atoms with Crippen LogP contribution in [-0.2, 0) is 19.4 Å². The average molecular weight is 442 g/mol. The van der Waals surface area contributed by atoms with Gasteiger partial charge >= 0.3 is 0 Å². The molecule has 30 heavy (non-hydrogen) atoms. The van der Waals surface area contributed by atoms with E-state index in [9.17, 15) is 22.4 Å². The van der Waals surface area contributed by atoms with Crippen LogP contribution < -0.4 is 10.5 Å². The van der Waals surface area contributed by atoms with E-state index in [-0.39, 0.29) is 49.2 Å². The molecule has 1 fully saturated rings. The molecule has 1 heterocycles. The molecule has 0 bridgehead atoms. The van der Waals surface area contributed by atoms with Gasteiger partial charge in [-0.3, -0.25) is 9.59 Å². The summed E-state index contributed by atoms with van der Waals surface area (Å²) in [5, 5.41) is 0. The van der Waals surface area contributed by atoms with Gasteiger partial charge in [0.25, 0.3) is 0 Å². The standard InChI is InChI=1S/C20H28FN3O5S/c1-20(2,3)19(26)23-8-9-24(18(25)12-23)14-30(27,28)17-6-4-16(5-7-17)29-13-15(10-21)11-22/h4-7,10H,8-9,11-14,22H2,1-3H3. The molecule has 1 aromatic rings. The number of hydrogen-bond donors (Lipinski definition) is 1. The van der Waals surface area contributed by atoms with Crippen molar-refractivity contribution in [3.8, 4) is 5.75 Å². The number of carbonyl (C=O) groups is 2. The fourth-order valence-electron chi connectivity index (χ4n) is 2.83. The highest BCUT2D eigenvalue weighted by molar-refractivity contribution is 7.91. The molecule has 1 aromatic carbocycles. The second-order valence-electron chi connectivity index (χ2n) is 8.11. The second-order valence-corrected chi connectivity index (χ2v) is 10.1. The Labute approximate surface area is 176 Å². The van der Waals surface area contributed by atoms with E-state index in [1.165, 1.54) is 34.1 Å². The van der Waals surface area contributed by atoms with Crippen molar-refractivity contribution in [3.05, 3.63) is 36.2 Å². The summed E-state index contributed by atoms with van der Waals surface area (Å²) in [6.07, 6.45) is 0.380. The van der Waals surface area contributed by atoms with Crippen LogP contribution in [0.4, 0.5) is 4.39 Å². The second kappa shape index (κ2) is 9.57. The van der Waals surface area contributed by atoms with Gasteiger partial charge in [0.15, 0.2) is 9.84 Å². The quantitative estimate of drug-likeness (QED) is 0.684. The predicted octanol–water partition coefficient (Wildman–Crippen LogP) is 1.33. The Hall–Kier alpha value is -2.46. The van der Waals surface area contributed by atoms with Crippen molar-refractivity contribution in [3.63, 3.8) is 0 Å². The molecule has 0 aromatic heterocycles. The molecule has 2 rings (SSSR count). The highest BCUT2D eigenvalue weighted by atomic mass is 32.2. The summed E-state index contributed by atoms with van der Waals surface area (Å²) >= 11 is 0. The molecule has 0 spiro atoms. The van der Waals surface area contributed by atoms with E-state index in [1.54, 1.807) is 20.8 Å². The van der Waals surface area contributed by atoms with Crippen LogP contribution in [0.3, 0.4) is 0 Å². The highest BCUT2D eigenvalue weighted by Gasteiger charge is 2.34. The van der Waals surface area contributed by atoms with E-state index in [4.69, 9.17) is 10.5 Å². The number of sulfone groups is 1. The van der Waals surface area contributed by atoms with Crippen LogP contribution in [-0.4, -0.2) is 68.7 Å². The topological polar surface area (TPSA) is 110 Å². The fraction of sp³-hybridized carbons (Fsp3) is 0.500. The number of halogens is 1. The number of ether oxygens (including phenoxy) is 1. The Balaban J connectivity index is 2.00. The van der Waals surface area contributed by atoms with Crippen LogP contribution in [0, 0.1) is 5.41 Å². The molecule has 166 valence electrons. The molecule has 0 unspecified atom stereocenters. The number of hydrogen-bond acceptors (Lipinski definition) is 6. The van der Waals surface area contributed by atoms with Crippen molar-refractivity contribution in [2.75, 3.05) is 38.7 Å². The van der Waals surface area contributed by atoms with Crippen LogP contribution >= 0.6 is 0 Å². The molecular weight excluding hydrogens is 413 g/mol. The number of benzene rings is 1. The van der Waals surface area contributed by atoms with Crippen molar-refractivity contribution in [2.24, 2.45) is 11.1 Å². The minimum Gasteiger partial charge on any atom is -0.489 e. The summed E-state index contributed by atoms with van der Waals surface area (Å²) in [6, 6.07) is 5.66. The molecule has 1 aliphatic rings. The lowest BCUT2D eigenvalue weighted by atomic mass is 9.94. The van der Waals surface area contributed by atoms with Gasteiger partial charge in [-0.2, -0.15) is 0 Å². The van der Waals surface area contributed by atoms with Gasteiger partial charge in [-0.05, 0) is 24.3 Å². The largest absolute Gasteiger partial charge is 0.489 e. The van der Waals surface area contributed by atoms with Crippen LogP contribution in [0.25, 0.3) is 0 Å². The Morgan fingerprint density at radius 1 is 1.23 bits per heavy atom. The molecule has 0 radical (unpaired) electrons. The van der Waals surface area contributed by atoms with Crippen LogP contribution in [0.15, 0.2) is 41.1 Å². The predicted molar refractivity (Wildman–Crippen MR) is 110 cm³/mol. The van der Waals surface area contributed by atoms with Crippen molar-refractivity contribution < 1.29 is 27.1 Å². The van der Waals surface area contributed by atoms with Crippen molar-refractivity contribution >= 4 is 21.7 Å². The van der Waals surface area contributed by atoms with E-state index in [0.717, 1.165) is 0 Å². The third-order valence-electron chi connectivity index (χ3n) is 4.60. The lowest BCUT2D eigenvalue weighted by Crippen LogP contribution is -2.55. The van der Waals surface area contributed by atoms with E-state index >= 15 is 0 Å². The molecule has 0 aliphatic carbocycles. The summed E-state index contributed by atoms with van der Waals surface area (Å²) in [5.41, 5.74) is 5.02. The monoisotopic (exact) mass is 441 g/mol. The van der Waals surface area contributed by atoms with Crippen LogP contribution in [0.1, 0.15) is 20.8 Å². The zero-order valence-electron chi connectivity index (χ0n) is 17.4. The highest BCUT2D eigenvalue weighted by Crippen LogP contribution is 2.21. The van der Waals surface area contributed by atoms with Crippen molar-refractivity contribution in [1.29, 1.82) is 0 Å². The number of piperazine rings is 1. The summed E-state index contributed by atoms with van der Waals surface area (Å²) in [7, 11) is -3.76. The number of nitrogens with zero attached hydrogens (tertiary/aromatic N) is 2. The van der Waals surface area contributed by atoms with Gasteiger partial charge in [0, 0.05) is 30.6 Å². The minimum atomic E-state index is -3.76. The Morgan fingerprint density at radius 3 is 2.37 bits per heavy atom. The van der Waals surface area contributed by atoms with Crippen LogP contribution in [0.5, 0.6) is 5.75 Å². The molecule has 0 atom stereocenters. The van der Waals surface area contributed by atoms with Crippen molar-refractivity contribution in [2.45, 2.75) is 25.7 Å². The van der Waals surface area contributed by atoms with Crippen molar-refractivity contribution in [1.82, 2.24) is 9.80 Å². The maximum atomic E-state index is 12.7. The molecule has 1 saturated heterocycles. The van der Waals surface area contributed by atoms with E-state index in [0.29, 0.717) is 12.1 Å². The summed E-state index contributed by atoms with van der Waals surface area (Å²) in [6.45, 7) is 5.60. The average Bonchev–Trinajstić information content (AvgIpc) is 2.69. The first kappa shape index (κ1) is 23.8. The third kappa shape index (κ3) is 6.02. The SMILES string of the molecule is CC(C)(C)C(=O)N1CCN(CS(=O)(=O)c2ccc(OCC(=CF)CN)cc2)C(=O)C1. The fourth-order valence-corrected chi connectivity index (χ4v) is 4.21. The van der Waals surface area contributed by atoms with Gasteiger partial charge in [-0.1, -0.05) is 20.8 Å². The van der Waals surface area contributed by atoms with E-state index in [1.807, 2.05) is 0 Å². The van der Waals surface area contributed by atoms with Gasteiger partial charge in [0.1, 0.15) is 18.2 Å². The van der Waals surface area contributed by atoms with Gasteiger partial charge in [0.05, 0.1) is 17.8 Å². The van der Waals surface area contributed by atoms with Gasteiger partial charge < -0.3 is 20.3 Å². The summed E-state index contributed by atoms with van der Waals surface area (Å²) in [4.78, 5) is 27.5. The molecule has 8 nitrogen and oxygen atoms in total. The first-order chi connectivity index (χ1) is 14.0. The van der Waals surface area contributed by atoms with Gasteiger partial charge in [0.2, 0.25) is 11.8 Å². The molecular formula is C20H28FN3O5S. The molecule has 2 N–H and O–H groups in total. The Bertz CT molecular complexity index is 907. The lowest BCUT2D eigenvalue weighted by molar-refractivity contribution is -0.149. The first-order valence-corrected chi connectivity index (χ1v) is 11.1. The summed E-state index contributed by atoms with van der Waals surface area (Å²) < 4.78 is 43.3. The smallest absolute Gasteiger partial charge is 0.243 e. The minimum absolute atomic E-state index is 0.0194. The molecule has 1 aliphatic heterocycles. The zero-order chi connectivity index (χ0) is 22.5. The zero-order valence-corrected chi connectivity index (χ0v) is 18.2. The summed E-state index contributed by atoms with van der Waals surface area (Å²) in [5.74, 6) is -0.651. The van der Waals surface area contributed by atoms with Crippen LogP contribution in [0.2, 0.25) is 0 Å². The molecule has 10 heteroatoms. The maximum absolute atomic E-state index is 12.7. The lowest BCUT2D eigenvalue weighted by Gasteiger charge is -2.36. The molecule has 2 amide bonds. The Morgan fingerprint density at radius 2 is 1.87 bits per heavy atom.